The molecule has 0 spiro atoms. The number of halogens is 1. The summed E-state index contributed by atoms with van der Waals surface area (Å²) in [6.07, 6.45) is 0.614. The maximum atomic E-state index is 13.9. The highest BCUT2D eigenvalue weighted by molar-refractivity contribution is 9.10. The lowest BCUT2D eigenvalue weighted by Crippen LogP contribution is -2.35. The molecule has 4 heteroatoms. The van der Waals surface area contributed by atoms with Crippen LogP contribution >= 0.6 is 15.9 Å². The molecule has 0 saturated carbocycles. The van der Waals surface area contributed by atoms with E-state index in [0.717, 1.165) is 32.7 Å². The molecule has 4 aromatic carbocycles. The standard InChI is InChI=1S/C28H21BrN2O/c29-23-15-9-14-22(18-23)28(32)31-26-17-8-7-16-24(26)30-25(20-10-3-1-4-11-20)19-27(31)21-12-5-2-6-13-21/h1-18,27H,19H2. The van der Waals surface area contributed by atoms with Gasteiger partial charge in [0, 0.05) is 16.5 Å². The van der Waals surface area contributed by atoms with E-state index < -0.39 is 0 Å². The number of carbonyl (C=O) groups excluding carboxylic acids is 1. The molecule has 0 saturated heterocycles. The Balaban J connectivity index is 1.70. The van der Waals surface area contributed by atoms with Gasteiger partial charge in [0.15, 0.2) is 0 Å². The largest absolute Gasteiger partial charge is 0.298 e. The number of aliphatic imine (C=N–C) groups is 1. The fourth-order valence-electron chi connectivity index (χ4n) is 4.16. The third-order valence-corrected chi connectivity index (χ3v) is 6.17. The number of amides is 1. The summed E-state index contributed by atoms with van der Waals surface area (Å²) in [5, 5.41) is 0. The first-order valence-corrected chi connectivity index (χ1v) is 11.4. The minimum atomic E-state index is -0.190. The molecule has 5 rings (SSSR count). The SMILES string of the molecule is O=C(c1cccc(Br)c1)N1c2ccccc2N=C(c2ccccc2)CC1c1ccccc1. The lowest BCUT2D eigenvalue weighted by Gasteiger charge is -2.32. The predicted molar refractivity (Wildman–Crippen MR) is 134 cm³/mol. The maximum absolute atomic E-state index is 13.9. The van der Waals surface area contributed by atoms with Crippen LogP contribution in [0.25, 0.3) is 0 Å². The van der Waals surface area contributed by atoms with E-state index in [0.29, 0.717) is 12.0 Å². The molecule has 1 amide bonds. The highest BCUT2D eigenvalue weighted by Crippen LogP contribution is 2.41. The smallest absolute Gasteiger partial charge is 0.258 e. The first-order valence-electron chi connectivity index (χ1n) is 10.6. The zero-order valence-electron chi connectivity index (χ0n) is 17.4. The van der Waals surface area contributed by atoms with Crippen LogP contribution in [0.3, 0.4) is 0 Å². The van der Waals surface area contributed by atoms with E-state index in [9.17, 15) is 4.79 Å². The van der Waals surface area contributed by atoms with Gasteiger partial charge in [-0.25, -0.2) is 0 Å². The molecule has 0 radical (unpaired) electrons. The van der Waals surface area contributed by atoms with E-state index in [4.69, 9.17) is 4.99 Å². The Hall–Kier alpha value is -3.50. The number of anilines is 1. The molecule has 0 bridgehead atoms. The van der Waals surface area contributed by atoms with Crippen molar-refractivity contribution in [2.24, 2.45) is 4.99 Å². The molecule has 0 N–H and O–H groups in total. The molecule has 1 atom stereocenters. The van der Waals surface area contributed by atoms with Gasteiger partial charge in [-0.15, -0.1) is 0 Å². The molecular formula is C28H21BrN2O. The van der Waals surface area contributed by atoms with Gasteiger partial charge in [-0.2, -0.15) is 0 Å². The summed E-state index contributed by atoms with van der Waals surface area (Å²) < 4.78 is 0.879. The molecule has 3 nitrogen and oxygen atoms in total. The van der Waals surface area contributed by atoms with Crippen LogP contribution in [0.2, 0.25) is 0 Å². The topological polar surface area (TPSA) is 32.7 Å². The number of carbonyl (C=O) groups is 1. The van der Waals surface area contributed by atoms with Gasteiger partial charge in [0.05, 0.1) is 23.1 Å². The normalized spacial score (nSPS) is 15.5. The summed E-state index contributed by atoms with van der Waals surface area (Å²) in [5.41, 5.74) is 5.37. The van der Waals surface area contributed by atoms with Crippen molar-refractivity contribution < 1.29 is 4.79 Å². The van der Waals surface area contributed by atoms with E-state index in [1.807, 2.05) is 89.8 Å². The van der Waals surface area contributed by atoms with Crippen LogP contribution in [0, 0.1) is 0 Å². The van der Waals surface area contributed by atoms with E-state index in [1.54, 1.807) is 0 Å². The monoisotopic (exact) mass is 480 g/mol. The summed E-state index contributed by atoms with van der Waals surface area (Å²) in [6.45, 7) is 0. The lowest BCUT2D eigenvalue weighted by atomic mass is 9.95. The second-order valence-electron chi connectivity index (χ2n) is 7.73. The summed E-state index contributed by atoms with van der Waals surface area (Å²) >= 11 is 3.51. The van der Waals surface area contributed by atoms with Crippen molar-refractivity contribution in [3.05, 3.63) is 130 Å². The van der Waals surface area contributed by atoms with Gasteiger partial charge in [0.2, 0.25) is 0 Å². The van der Waals surface area contributed by atoms with Crippen LogP contribution < -0.4 is 4.90 Å². The Bertz CT molecular complexity index is 1290. The molecule has 0 aromatic heterocycles. The minimum absolute atomic E-state index is 0.0443. The van der Waals surface area contributed by atoms with Crippen molar-refractivity contribution in [1.82, 2.24) is 0 Å². The van der Waals surface area contributed by atoms with Crippen LogP contribution in [-0.4, -0.2) is 11.6 Å². The van der Waals surface area contributed by atoms with Crippen LogP contribution in [0.15, 0.2) is 119 Å². The van der Waals surface area contributed by atoms with Gasteiger partial charge in [0.1, 0.15) is 0 Å². The Morgan fingerprint density at radius 1 is 0.812 bits per heavy atom. The quantitative estimate of drug-likeness (QED) is 0.301. The van der Waals surface area contributed by atoms with Crippen LogP contribution in [0.4, 0.5) is 11.4 Å². The zero-order chi connectivity index (χ0) is 21.9. The number of para-hydroxylation sites is 2. The van der Waals surface area contributed by atoms with Crippen molar-refractivity contribution in [2.75, 3.05) is 4.90 Å². The van der Waals surface area contributed by atoms with E-state index >= 15 is 0 Å². The third kappa shape index (κ3) is 4.02. The Kier molecular flexibility index (Phi) is 5.70. The van der Waals surface area contributed by atoms with Gasteiger partial charge in [0.25, 0.3) is 5.91 Å². The molecule has 1 heterocycles. The lowest BCUT2D eigenvalue weighted by molar-refractivity contribution is 0.0977. The van der Waals surface area contributed by atoms with Gasteiger partial charge in [-0.1, -0.05) is 94.8 Å². The number of benzene rings is 4. The van der Waals surface area contributed by atoms with Gasteiger partial charge in [-0.3, -0.25) is 14.7 Å². The Morgan fingerprint density at radius 2 is 1.50 bits per heavy atom. The summed E-state index contributed by atoms with van der Waals surface area (Å²) in [7, 11) is 0. The van der Waals surface area contributed by atoms with E-state index in [1.165, 1.54) is 0 Å². The van der Waals surface area contributed by atoms with Gasteiger partial charge < -0.3 is 0 Å². The van der Waals surface area contributed by atoms with E-state index in [-0.39, 0.29) is 11.9 Å². The average molecular weight is 481 g/mol. The highest BCUT2D eigenvalue weighted by atomic mass is 79.9. The molecule has 32 heavy (non-hydrogen) atoms. The molecule has 156 valence electrons. The third-order valence-electron chi connectivity index (χ3n) is 5.68. The first kappa shape index (κ1) is 20.4. The summed E-state index contributed by atoms with van der Waals surface area (Å²) in [6, 6.07) is 35.7. The molecule has 0 fully saturated rings. The number of nitrogens with zero attached hydrogens (tertiary/aromatic N) is 2. The van der Waals surface area contributed by atoms with Crippen molar-refractivity contribution in [3.8, 4) is 0 Å². The van der Waals surface area contributed by atoms with Crippen molar-refractivity contribution >= 4 is 38.9 Å². The molecular weight excluding hydrogens is 460 g/mol. The van der Waals surface area contributed by atoms with Gasteiger partial charge in [-0.05, 0) is 41.5 Å². The number of fused-ring (bicyclic) bond motifs is 1. The number of rotatable bonds is 3. The second-order valence-corrected chi connectivity index (χ2v) is 8.65. The number of hydrogen-bond donors (Lipinski definition) is 0. The molecule has 4 aromatic rings. The van der Waals surface area contributed by atoms with Crippen molar-refractivity contribution in [1.29, 1.82) is 0 Å². The molecule has 1 aliphatic heterocycles. The minimum Gasteiger partial charge on any atom is -0.298 e. The van der Waals surface area contributed by atoms with Gasteiger partial charge >= 0.3 is 0 Å². The van der Waals surface area contributed by atoms with E-state index in [2.05, 4.69) is 40.2 Å². The highest BCUT2D eigenvalue weighted by Gasteiger charge is 2.33. The fraction of sp³-hybridized carbons (Fsp3) is 0.0714. The summed E-state index contributed by atoms with van der Waals surface area (Å²) in [4.78, 5) is 20.9. The molecule has 1 unspecified atom stereocenters. The van der Waals surface area contributed by atoms with Crippen LogP contribution in [-0.2, 0) is 0 Å². The van der Waals surface area contributed by atoms with Crippen LogP contribution in [0.5, 0.6) is 0 Å². The predicted octanol–water partition coefficient (Wildman–Crippen LogP) is 7.36. The molecule has 0 aliphatic carbocycles. The van der Waals surface area contributed by atoms with Crippen molar-refractivity contribution in [3.63, 3.8) is 0 Å². The first-order chi connectivity index (χ1) is 15.7. The zero-order valence-corrected chi connectivity index (χ0v) is 18.9. The molecule has 1 aliphatic rings. The van der Waals surface area contributed by atoms with Crippen molar-refractivity contribution in [2.45, 2.75) is 12.5 Å². The average Bonchev–Trinajstić information content (AvgIpc) is 3.02. The second kappa shape index (κ2) is 8.93. The Morgan fingerprint density at radius 3 is 2.25 bits per heavy atom. The van der Waals surface area contributed by atoms with Crippen LogP contribution in [0.1, 0.15) is 33.9 Å². The maximum Gasteiger partial charge on any atom is 0.258 e. The fourth-order valence-corrected chi connectivity index (χ4v) is 4.56. The number of hydrogen-bond acceptors (Lipinski definition) is 2. The Labute approximate surface area is 196 Å². The summed E-state index contributed by atoms with van der Waals surface area (Å²) in [5.74, 6) is -0.0443.